The molecule has 4 bridgehead atoms. The van der Waals surface area contributed by atoms with Gasteiger partial charge in [0.25, 0.3) is 0 Å². The second-order valence-electron chi connectivity index (χ2n) is 9.25. The SMILES string of the molecule is CCC12CC3CC(O)(C1)CC(C(=O)N(CCCO)Cc1cccs1)(C3)C2. The second-order valence-corrected chi connectivity index (χ2v) is 10.3. The molecule has 4 fully saturated rings. The molecule has 4 saturated carbocycles. The predicted molar refractivity (Wildman–Crippen MR) is 103 cm³/mol. The Morgan fingerprint density at radius 2 is 2.15 bits per heavy atom. The van der Waals surface area contributed by atoms with E-state index in [9.17, 15) is 15.0 Å². The molecule has 4 atom stereocenters. The molecule has 4 aliphatic carbocycles. The molecule has 1 aromatic rings. The number of aliphatic hydroxyl groups is 2. The van der Waals surface area contributed by atoms with Crippen LogP contribution in [0.1, 0.15) is 63.2 Å². The molecule has 0 saturated heterocycles. The Morgan fingerprint density at radius 3 is 2.81 bits per heavy atom. The number of carbonyl (C=O) groups is 1. The van der Waals surface area contributed by atoms with Crippen LogP contribution in [0.3, 0.4) is 0 Å². The summed E-state index contributed by atoms with van der Waals surface area (Å²) in [5, 5.41) is 22.6. The van der Waals surface area contributed by atoms with E-state index in [0.717, 1.165) is 32.1 Å². The van der Waals surface area contributed by atoms with Gasteiger partial charge < -0.3 is 15.1 Å². The van der Waals surface area contributed by atoms with Gasteiger partial charge in [-0.1, -0.05) is 19.4 Å². The van der Waals surface area contributed by atoms with Gasteiger partial charge >= 0.3 is 0 Å². The molecule has 0 spiro atoms. The summed E-state index contributed by atoms with van der Waals surface area (Å²) < 4.78 is 0. The first-order valence-corrected chi connectivity index (χ1v) is 10.9. The fourth-order valence-electron chi connectivity index (χ4n) is 6.66. The van der Waals surface area contributed by atoms with Crippen molar-refractivity contribution in [2.24, 2.45) is 16.7 Å². The molecule has 4 aliphatic rings. The lowest BCUT2D eigenvalue weighted by molar-refractivity contribution is -0.210. The van der Waals surface area contributed by atoms with Gasteiger partial charge in [-0.25, -0.2) is 0 Å². The zero-order valence-electron chi connectivity index (χ0n) is 15.7. The summed E-state index contributed by atoms with van der Waals surface area (Å²) in [7, 11) is 0. The number of hydrogen-bond acceptors (Lipinski definition) is 4. The first-order valence-electron chi connectivity index (χ1n) is 10.1. The van der Waals surface area contributed by atoms with E-state index in [4.69, 9.17) is 0 Å². The fraction of sp³-hybridized carbons (Fsp3) is 0.762. The summed E-state index contributed by atoms with van der Waals surface area (Å²) in [6.45, 7) is 3.55. The maximum atomic E-state index is 13.8. The Labute approximate surface area is 160 Å². The quantitative estimate of drug-likeness (QED) is 0.764. The van der Waals surface area contributed by atoms with E-state index in [1.54, 1.807) is 11.3 Å². The fourth-order valence-corrected chi connectivity index (χ4v) is 7.38. The second kappa shape index (κ2) is 6.61. The number of thiophene rings is 1. The van der Waals surface area contributed by atoms with Crippen LogP contribution in [0.5, 0.6) is 0 Å². The Kier molecular flexibility index (Phi) is 4.69. The van der Waals surface area contributed by atoms with Crippen molar-refractivity contribution >= 4 is 17.2 Å². The maximum absolute atomic E-state index is 13.8. The summed E-state index contributed by atoms with van der Waals surface area (Å²) >= 11 is 1.68. The van der Waals surface area contributed by atoms with Crippen molar-refractivity contribution in [1.29, 1.82) is 0 Å². The van der Waals surface area contributed by atoms with Crippen LogP contribution in [0.4, 0.5) is 0 Å². The Bertz CT molecular complexity index is 662. The van der Waals surface area contributed by atoms with E-state index in [1.165, 1.54) is 11.3 Å². The molecule has 1 heterocycles. The molecule has 26 heavy (non-hydrogen) atoms. The molecule has 0 aromatic carbocycles. The van der Waals surface area contributed by atoms with E-state index in [1.807, 2.05) is 16.3 Å². The summed E-state index contributed by atoms with van der Waals surface area (Å²) in [6.07, 6.45) is 7.13. The molecular weight excluding hydrogens is 346 g/mol. The third-order valence-corrected chi connectivity index (χ3v) is 8.02. The highest BCUT2D eigenvalue weighted by atomic mass is 32.1. The van der Waals surface area contributed by atoms with Gasteiger partial charge in [0, 0.05) is 18.0 Å². The molecule has 0 aliphatic heterocycles. The van der Waals surface area contributed by atoms with Crippen molar-refractivity contribution in [3.63, 3.8) is 0 Å². The van der Waals surface area contributed by atoms with E-state index >= 15 is 0 Å². The molecule has 5 heteroatoms. The summed E-state index contributed by atoms with van der Waals surface area (Å²) in [4.78, 5) is 16.9. The van der Waals surface area contributed by atoms with Crippen molar-refractivity contribution in [2.45, 2.75) is 70.4 Å². The minimum Gasteiger partial charge on any atom is -0.396 e. The van der Waals surface area contributed by atoms with Crippen molar-refractivity contribution in [3.8, 4) is 0 Å². The van der Waals surface area contributed by atoms with Gasteiger partial charge in [0.05, 0.1) is 17.6 Å². The first-order chi connectivity index (χ1) is 12.4. The van der Waals surface area contributed by atoms with E-state index < -0.39 is 11.0 Å². The summed E-state index contributed by atoms with van der Waals surface area (Å²) in [5.74, 6) is 0.710. The minimum absolute atomic E-state index is 0.104. The number of hydrogen-bond donors (Lipinski definition) is 2. The zero-order valence-corrected chi connectivity index (χ0v) is 16.6. The molecular formula is C21H31NO3S. The molecule has 1 aromatic heterocycles. The molecule has 4 nitrogen and oxygen atoms in total. The van der Waals surface area contributed by atoms with Crippen molar-refractivity contribution in [1.82, 2.24) is 4.90 Å². The molecule has 5 rings (SSSR count). The molecule has 0 radical (unpaired) electrons. The van der Waals surface area contributed by atoms with Gasteiger partial charge in [0.1, 0.15) is 0 Å². The Balaban J connectivity index is 1.62. The lowest BCUT2D eigenvalue weighted by Gasteiger charge is -2.64. The lowest BCUT2D eigenvalue weighted by Crippen LogP contribution is -2.64. The van der Waals surface area contributed by atoms with Gasteiger partial charge in [-0.15, -0.1) is 11.3 Å². The summed E-state index contributed by atoms with van der Waals surface area (Å²) in [5.41, 5.74) is -0.886. The molecule has 4 unspecified atom stereocenters. The summed E-state index contributed by atoms with van der Waals surface area (Å²) in [6, 6.07) is 4.10. The largest absolute Gasteiger partial charge is 0.396 e. The molecule has 1 amide bonds. The van der Waals surface area contributed by atoms with Crippen LogP contribution < -0.4 is 0 Å². The van der Waals surface area contributed by atoms with E-state index in [0.29, 0.717) is 31.8 Å². The average molecular weight is 378 g/mol. The van der Waals surface area contributed by atoms with Gasteiger partial charge in [-0.2, -0.15) is 0 Å². The third-order valence-electron chi connectivity index (χ3n) is 7.16. The first kappa shape index (κ1) is 18.5. The van der Waals surface area contributed by atoms with Crippen LogP contribution in [-0.4, -0.2) is 39.8 Å². The number of rotatable bonds is 7. The highest BCUT2D eigenvalue weighted by molar-refractivity contribution is 7.09. The predicted octanol–water partition coefficient (Wildman–Crippen LogP) is 3.57. The number of aliphatic hydroxyl groups excluding tert-OH is 1. The minimum atomic E-state index is -0.642. The van der Waals surface area contributed by atoms with Gasteiger partial charge in [-0.3, -0.25) is 4.79 Å². The maximum Gasteiger partial charge on any atom is 0.229 e. The standard InChI is InChI=1S/C21H31NO3S/c1-2-19-9-16-10-20(13-19,15-21(25,11-16)14-19)18(24)22(6-4-7-23)12-17-5-3-8-26-17/h3,5,8,16,23,25H,2,4,6-7,9-15H2,1H3. The highest BCUT2D eigenvalue weighted by Crippen LogP contribution is 2.68. The Morgan fingerprint density at radius 1 is 1.31 bits per heavy atom. The average Bonchev–Trinajstić information content (AvgIpc) is 3.09. The highest BCUT2D eigenvalue weighted by Gasteiger charge is 2.65. The zero-order chi connectivity index (χ0) is 18.4. The van der Waals surface area contributed by atoms with Crippen molar-refractivity contribution in [3.05, 3.63) is 22.4 Å². The lowest BCUT2D eigenvalue weighted by atomic mass is 9.42. The van der Waals surface area contributed by atoms with Gasteiger partial charge in [0.2, 0.25) is 5.91 Å². The van der Waals surface area contributed by atoms with E-state index in [-0.39, 0.29) is 17.9 Å². The topological polar surface area (TPSA) is 60.8 Å². The normalized spacial score (nSPS) is 37.9. The van der Waals surface area contributed by atoms with Crippen LogP contribution in [0.2, 0.25) is 0 Å². The monoisotopic (exact) mass is 377 g/mol. The van der Waals surface area contributed by atoms with Crippen LogP contribution in [0.25, 0.3) is 0 Å². The van der Waals surface area contributed by atoms with Crippen molar-refractivity contribution < 1.29 is 15.0 Å². The van der Waals surface area contributed by atoms with Crippen LogP contribution in [0, 0.1) is 16.7 Å². The van der Waals surface area contributed by atoms with Crippen LogP contribution in [-0.2, 0) is 11.3 Å². The third kappa shape index (κ3) is 3.12. The van der Waals surface area contributed by atoms with Crippen LogP contribution in [0.15, 0.2) is 17.5 Å². The van der Waals surface area contributed by atoms with Crippen molar-refractivity contribution in [2.75, 3.05) is 13.2 Å². The number of nitrogens with zero attached hydrogens (tertiary/aromatic N) is 1. The molecule has 144 valence electrons. The smallest absolute Gasteiger partial charge is 0.229 e. The van der Waals surface area contributed by atoms with Gasteiger partial charge in [-0.05, 0) is 67.7 Å². The van der Waals surface area contributed by atoms with Crippen LogP contribution >= 0.6 is 11.3 Å². The van der Waals surface area contributed by atoms with Gasteiger partial charge in [0.15, 0.2) is 0 Å². The number of carbonyl (C=O) groups excluding carboxylic acids is 1. The van der Waals surface area contributed by atoms with E-state index in [2.05, 4.69) is 13.0 Å². The molecule has 2 N–H and O–H groups in total. The number of amides is 1. The Hall–Kier alpha value is -0.910.